The van der Waals surface area contributed by atoms with E-state index in [1.54, 1.807) is 0 Å². The molecule has 2 aliphatic heterocycles. The summed E-state index contributed by atoms with van der Waals surface area (Å²) in [5, 5.41) is 13.3. The van der Waals surface area contributed by atoms with Gasteiger partial charge in [-0.05, 0) is 61.7 Å². The van der Waals surface area contributed by atoms with Crippen molar-refractivity contribution >= 4 is 29.2 Å². The van der Waals surface area contributed by atoms with Gasteiger partial charge in [0.2, 0.25) is 11.6 Å². The van der Waals surface area contributed by atoms with E-state index in [0.29, 0.717) is 40.0 Å². The van der Waals surface area contributed by atoms with Crippen molar-refractivity contribution in [2.24, 2.45) is 17.6 Å². The highest BCUT2D eigenvalue weighted by molar-refractivity contribution is 8.00. The quantitative estimate of drug-likeness (QED) is 0.461. The summed E-state index contributed by atoms with van der Waals surface area (Å²) in [6, 6.07) is 11.6. The monoisotopic (exact) mass is 474 g/mol. The average Bonchev–Trinajstić information content (AvgIpc) is 3.41. The first-order valence-corrected chi connectivity index (χ1v) is 12.8. The summed E-state index contributed by atoms with van der Waals surface area (Å²) in [6.45, 7) is 13.7. The molecule has 176 valence electrons. The van der Waals surface area contributed by atoms with Crippen LogP contribution in [0.5, 0.6) is 0 Å². The van der Waals surface area contributed by atoms with Crippen LogP contribution >= 0.6 is 11.8 Å². The molecular weight excluding hydrogens is 444 g/mol. The van der Waals surface area contributed by atoms with Crippen LogP contribution in [-0.2, 0) is 11.2 Å². The number of nitriles is 1. The minimum atomic E-state index is -0.669. The number of nitrogens with two attached hydrogens (primary N) is 1. The molecule has 2 fully saturated rings. The van der Waals surface area contributed by atoms with Crippen molar-refractivity contribution in [1.29, 1.82) is 5.26 Å². The SMILES string of the molecule is [C-]#[N+]c1c(N2CCC(C3CCNC3)CC2)nc(SC(C(N)=O)c2ccccc2)c(C#N)c1CC. The Morgan fingerprint density at radius 2 is 2.06 bits per heavy atom. The van der Waals surface area contributed by atoms with E-state index >= 15 is 0 Å². The van der Waals surface area contributed by atoms with Crippen LogP contribution in [0.3, 0.4) is 0 Å². The number of hydrogen-bond acceptors (Lipinski definition) is 6. The number of anilines is 1. The summed E-state index contributed by atoms with van der Waals surface area (Å²) in [5.74, 6) is 1.57. The van der Waals surface area contributed by atoms with Crippen LogP contribution in [0.25, 0.3) is 4.85 Å². The standard InChI is InChI=1S/C26H30N6OS/c1-3-20-21(15-27)26(34-23(24(28)33)18-7-5-4-6-8-18)31-25(22(20)29-2)32-13-10-17(11-14-32)19-9-12-30-16-19/h4-8,17,19,23,30H,3,9-14,16H2,1H3,(H2,28,33). The van der Waals surface area contributed by atoms with Crippen LogP contribution in [0.4, 0.5) is 11.5 Å². The predicted octanol–water partition coefficient (Wildman–Crippen LogP) is 4.21. The van der Waals surface area contributed by atoms with Crippen molar-refractivity contribution < 1.29 is 4.79 Å². The minimum Gasteiger partial charge on any atom is -0.368 e. The van der Waals surface area contributed by atoms with Gasteiger partial charge < -0.3 is 16.0 Å². The molecule has 7 nitrogen and oxygen atoms in total. The highest BCUT2D eigenvalue weighted by atomic mass is 32.2. The number of aromatic nitrogens is 1. The first-order valence-electron chi connectivity index (χ1n) is 11.9. The molecule has 3 heterocycles. The van der Waals surface area contributed by atoms with Gasteiger partial charge in [0.15, 0.2) is 0 Å². The molecule has 0 saturated carbocycles. The molecule has 0 bridgehead atoms. The van der Waals surface area contributed by atoms with Gasteiger partial charge in [0.05, 0.1) is 12.1 Å². The number of carbonyl (C=O) groups is 1. The lowest BCUT2D eigenvalue weighted by Gasteiger charge is -2.36. The molecule has 1 aromatic carbocycles. The smallest absolute Gasteiger partial charge is 0.235 e. The van der Waals surface area contributed by atoms with Crippen molar-refractivity contribution in [2.45, 2.75) is 42.9 Å². The van der Waals surface area contributed by atoms with Crippen molar-refractivity contribution in [3.63, 3.8) is 0 Å². The molecular formula is C26H30N6OS. The van der Waals surface area contributed by atoms with Crippen molar-refractivity contribution in [3.8, 4) is 6.07 Å². The third kappa shape index (κ3) is 4.89. The number of rotatable bonds is 7. The number of amides is 1. The Morgan fingerprint density at radius 1 is 1.32 bits per heavy atom. The van der Waals surface area contributed by atoms with E-state index in [2.05, 4.69) is 21.1 Å². The van der Waals surface area contributed by atoms with Crippen LogP contribution < -0.4 is 16.0 Å². The van der Waals surface area contributed by atoms with Crippen molar-refractivity contribution in [1.82, 2.24) is 10.3 Å². The molecule has 4 rings (SSSR count). The number of hydrogen-bond donors (Lipinski definition) is 2. The summed E-state index contributed by atoms with van der Waals surface area (Å²) in [4.78, 5) is 23.2. The molecule has 2 saturated heterocycles. The van der Waals surface area contributed by atoms with Crippen LogP contribution in [0, 0.1) is 29.7 Å². The topological polar surface area (TPSA) is 99.4 Å². The highest BCUT2D eigenvalue weighted by Gasteiger charge is 2.32. The molecule has 2 aromatic rings. The van der Waals surface area contributed by atoms with Gasteiger partial charge >= 0.3 is 0 Å². The first kappa shape index (κ1) is 24.1. The summed E-state index contributed by atoms with van der Waals surface area (Å²) in [5.41, 5.74) is 8.05. The van der Waals surface area contributed by atoms with Gasteiger partial charge in [-0.25, -0.2) is 9.83 Å². The maximum Gasteiger partial charge on any atom is 0.235 e. The summed E-state index contributed by atoms with van der Waals surface area (Å²) < 4.78 is 0. The Kier molecular flexibility index (Phi) is 7.72. The molecule has 2 aliphatic rings. The van der Waals surface area contributed by atoms with Crippen molar-refractivity contribution in [2.75, 3.05) is 31.1 Å². The first-order chi connectivity index (χ1) is 16.6. The number of piperidine rings is 1. The maximum atomic E-state index is 12.4. The van der Waals surface area contributed by atoms with E-state index in [4.69, 9.17) is 17.3 Å². The summed E-state index contributed by atoms with van der Waals surface area (Å²) >= 11 is 1.20. The fraction of sp³-hybridized carbons (Fsp3) is 0.462. The van der Waals surface area contributed by atoms with Crippen molar-refractivity contribution in [3.05, 3.63) is 58.4 Å². The molecule has 0 aliphatic carbocycles. The molecule has 1 aromatic heterocycles. The van der Waals surface area contributed by atoms with Crippen LogP contribution in [0.15, 0.2) is 35.4 Å². The molecule has 2 atom stereocenters. The molecule has 2 unspecified atom stereocenters. The zero-order chi connectivity index (χ0) is 24.1. The van der Waals surface area contributed by atoms with E-state index < -0.39 is 11.2 Å². The predicted molar refractivity (Wildman–Crippen MR) is 135 cm³/mol. The summed E-state index contributed by atoms with van der Waals surface area (Å²) in [7, 11) is 0. The fourth-order valence-corrected chi connectivity index (χ4v) is 6.22. The third-order valence-corrected chi connectivity index (χ3v) is 8.25. The lowest BCUT2D eigenvalue weighted by molar-refractivity contribution is -0.117. The zero-order valence-corrected chi connectivity index (χ0v) is 20.3. The van der Waals surface area contributed by atoms with E-state index in [1.807, 2.05) is 37.3 Å². The lowest BCUT2D eigenvalue weighted by Crippen LogP contribution is -2.37. The molecule has 8 heteroatoms. The van der Waals surface area contributed by atoms with E-state index in [1.165, 1.54) is 18.2 Å². The third-order valence-electron chi connectivity index (χ3n) is 6.99. The van der Waals surface area contributed by atoms with Gasteiger partial charge in [0.1, 0.15) is 22.2 Å². The highest BCUT2D eigenvalue weighted by Crippen LogP contribution is 2.43. The van der Waals surface area contributed by atoms with Gasteiger partial charge in [0.25, 0.3) is 0 Å². The Balaban J connectivity index is 1.69. The van der Waals surface area contributed by atoms with Gasteiger partial charge in [-0.2, -0.15) is 5.26 Å². The molecule has 3 N–H and O–H groups in total. The van der Waals surface area contributed by atoms with Gasteiger partial charge in [-0.1, -0.05) is 49.0 Å². The Morgan fingerprint density at radius 3 is 2.62 bits per heavy atom. The number of nitrogens with zero attached hydrogens (tertiary/aromatic N) is 4. The number of carbonyl (C=O) groups excluding carboxylic acids is 1. The Hall–Kier alpha value is -3.07. The van der Waals surface area contributed by atoms with Gasteiger partial charge in [-0.15, -0.1) is 0 Å². The average molecular weight is 475 g/mol. The second-order valence-corrected chi connectivity index (χ2v) is 10.0. The van der Waals surface area contributed by atoms with Crippen LogP contribution in [-0.4, -0.2) is 37.1 Å². The van der Waals surface area contributed by atoms with Gasteiger partial charge in [-0.3, -0.25) is 4.79 Å². The fourth-order valence-electron chi connectivity index (χ4n) is 5.16. The number of primary amides is 1. The minimum absolute atomic E-state index is 0.372. The number of pyridine rings is 1. The van der Waals surface area contributed by atoms with E-state index in [-0.39, 0.29) is 0 Å². The normalized spacial score (nSPS) is 19.4. The second kappa shape index (κ2) is 10.9. The van der Waals surface area contributed by atoms with Crippen LogP contribution in [0.2, 0.25) is 0 Å². The molecule has 0 radical (unpaired) electrons. The Bertz CT molecular complexity index is 1110. The Labute approximate surface area is 205 Å². The largest absolute Gasteiger partial charge is 0.368 e. The zero-order valence-electron chi connectivity index (χ0n) is 19.5. The molecule has 34 heavy (non-hydrogen) atoms. The number of thioether (sulfide) groups is 1. The molecule has 1 amide bonds. The summed E-state index contributed by atoms with van der Waals surface area (Å²) in [6.07, 6.45) is 3.93. The molecule has 0 spiro atoms. The van der Waals surface area contributed by atoms with E-state index in [0.717, 1.165) is 50.5 Å². The van der Waals surface area contributed by atoms with Gasteiger partial charge in [0, 0.05) is 13.1 Å². The maximum absolute atomic E-state index is 12.4. The van der Waals surface area contributed by atoms with E-state index in [9.17, 15) is 10.1 Å². The lowest BCUT2D eigenvalue weighted by atomic mass is 9.84. The number of nitrogens with one attached hydrogen (secondary N) is 1. The second-order valence-electron chi connectivity index (χ2n) is 8.91. The number of benzene rings is 1. The van der Waals surface area contributed by atoms with Crippen LogP contribution in [0.1, 0.15) is 48.1 Å².